The van der Waals surface area contributed by atoms with Crippen LogP contribution in [0.3, 0.4) is 0 Å². The molecule has 0 heterocycles. The van der Waals surface area contributed by atoms with Crippen molar-refractivity contribution in [2.75, 3.05) is 34.8 Å². The number of allylic oxidation sites excluding steroid dienone is 1. The van der Waals surface area contributed by atoms with Crippen LogP contribution in [0.25, 0.3) is 17.2 Å². The molecule has 3 rings (SSSR count). The van der Waals surface area contributed by atoms with Gasteiger partial charge in [-0.1, -0.05) is 66.7 Å². The number of halogens is 3. The molecule has 0 aliphatic heterocycles. The van der Waals surface area contributed by atoms with E-state index in [0.717, 1.165) is 27.2 Å². The highest BCUT2D eigenvalue weighted by molar-refractivity contribution is 6.09. The molecular weight excluding hydrogens is 465 g/mol. The van der Waals surface area contributed by atoms with Gasteiger partial charge in [-0.3, -0.25) is 9.69 Å². The van der Waals surface area contributed by atoms with Gasteiger partial charge in [0.05, 0.1) is 5.56 Å². The van der Waals surface area contributed by atoms with Crippen molar-refractivity contribution >= 4 is 11.9 Å². The Bertz CT molecular complexity index is 1190. The van der Waals surface area contributed by atoms with Gasteiger partial charge < -0.3 is 9.64 Å². The SMILES string of the molecule is CN(C)Cc1ccccc1C=CC(=O)c1cc(-c2ccccc2)ccc1OCC(N(C)C)C(F)(F)F. The third-order valence-corrected chi connectivity index (χ3v) is 5.71. The van der Waals surface area contributed by atoms with Crippen LogP contribution in [-0.2, 0) is 6.54 Å². The zero-order valence-corrected chi connectivity index (χ0v) is 20.9. The van der Waals surface area contributed by atoms with Crippen LogP contribution in [0.15, 0.2) is 78.9 Å². The van der Waals surface area contributed by atoms with Crippen LogP contribution in [0, 0.1) is 0 Å². The Morgan fingerprint density at radius 2 is 1.58 bits per heavy atom. The molecule has 0 radical (unpaired) electrons. The Morgan fingerprint density at radius 1 is 0.917 bits per heavy atom. The van der Waals surface area contributed by atoms with Gasteiger partial charge in [-0.15, -0.1) is 0 Å². The van der Waals surface area contributed by atoms with Gasteiger partial charge in [-0.25, -0.2) is 0 Å². The molecule has 0 N–H and O–H groups in total. The van der Waals surface area contributed by atoms with Crippen molar-refractivity contribution in [3.05, 3.63) is 95.6 Å². The number of likely N-dealkylation sites (N-methyl/N-ethyl adjacent to an activating group) is 1. The molecule has 0 amide bonds. The summed E-state index contributed by atoms with van der Waals surface area (Å²) in [5.41, 5.74) is 3.82. The number of carbonyl (C=O) groups is 1. The highest BCUT2D eigenvalue weighted by atomic mass is 19.4. The largest absolute Gasteiger partial charge is 0.491 e. The van der Waals surface area contributed by atoms with Crippen LogP contribution in [-0.4, -0.2) is 62.6 Å². The van der Waals surface area contributed by atoms with Gasteiger partial charge in [0.2, 0.25) is 0 Å². The van der Waals surface area contributed by atoms with Crippen molar-refractivity contribution in [3.63, 3.8) is 0 Å². The molecule has 0 saturated heterocycles. The molecule has 1 atom stereocenters. The minimum absolute atomic E-state index is 0.113. The van der Waals surface area contributed by atoms with Gasteiger partial charge in [-0.05, 0) is 68.7 Å². The van der Waals surface area contributed by atoms with E-state index in [1.54, 1.807) is 24.3 Å². The summed E-state index contributed by atoms with van der Waals surface area (Å²) in [6, 6.07) is 20.4. The zero-order valence-electron chi connectivity index (χ0n) is 20.9. The van der Waals surface area contributed by atoms with E-state index in [9.17, 15) is 18.0 Å². The van der Waals surface area contributed by atoms with Gasteiger partial charge >= 0.3 is 6.18 Å². The van der Waals surface area contributed by atoms with Crippen molar-refractivity contribution in [3.8, 4) is 16.9 Å². The van der Waals surface area contributed by atoms with E-state index in [0.29, 0.717) is 6.54 Å². The maximum atomic E-state index is 13.5. The lowest BCUT2D eigenvalue weighted by molar-refractivity contribution is -0.183. The molecule has 0 fully saturated rings. The zero-order chi connectivity index (χ0) is 26.3. The number of nitrogens with zero attached hydrogens (tertiary/aromatic N) is 2. The molecule has 0 aromatic heterocycles. The summed E-state index contributed by atoms with van der Waals surface area (Å²) >= 11 is 0. The fourth-order valence-electron chi connectivity index (χ4n) is 3.80. The summed E-state index contributed by atoms with van der Waals surface area (Å²) in [6.45, 7) is 0.0762. The first-order valence-corrected chi connectivity index (χ1v) is 11.6. The number of hydrogen-bond acceptors (Lipinski definition) is 4. The lowest BCUT2D eigenvalue weighted by atomic mass is 9.99. The highest BCUT2D eigenvalue weighted by Crippen LogP contribution is 2.30. The van der Waals surface area contributed by atoms with Gasteiger partial charge in [0.25, 0.3) is 0 Å². The van der Waals surface area contributed by atoms with Crippen LogP contribution in [0.2, 0.25) is 0 Å². The summed E-state index contributed by atoms with van der Waals surface area (Å²) in [7, 11) is 6.62. The highest BCUT2D eigenvalue weighted by Gasteiger charge is 2.42. The lowest BCUT2D eigenvalue weighted by Gasteiger charge is -2.26. The number of ketones is 1. The van der Waals surface area contributed by atoms with E-state index in [1.807, 2.05) is 73.6 Å². The summed E-state index contributed by atoms with van der Waals surface area (Å²) < 4.78 is 46.0. The van der Waals surface area contributed by atoms with E-state index < -0.39 is 18.8 Å². The molecule has 0 aliphatic carbocycles. The summed E-state index contributed by atoms with van der Waals surface area (Å²) in [4.78, 5) is 16.4. The molecule has 1 unspecified atom stereocenters. The molecule has 0 saturated carbocycles. The molecule has 3 aromatic carbocycles. The number of benzene rings is 3. The van der Waals surface area contributed by atoms with Crippen LogP contribution in [0.5, 0.6) is 5.75 Å². The van der Waals surface area contributed by atoms with Crippen LogP contribution in [0.4, 0.5) is 13.2 Å². The van der Waals surface area contributed by atoms with Crippen molar-refractivity contribution in [1.29, 1.82) is 0 Å². The van der Waals surface area contributed by atoms with E-state index in [4.69, 9.17) is 4.74 Å². The van der Waals surface area contributed by atoms with Crippen molar-refractivity contribution < 1.29 is 22.7 Å². The summed E-state index contributed by atoms with van der Waals surface area (Å²) in [6.07, 6.45) is -1.29. The van der Waals surface area contributed by atoms with Gasteiger partial charge in [-0.2, -0.15) is 13.2 Å². The standard InChI is InChI=1S/C29H31F3N2O2/c1-33(2)19-24-13-9-8-12-22(24)14-16-26(35)25-18-23(21-10-6-5-7-11-21)15-17-27(25)36-20-28(34(3)4)29(30,31)32/h5-18,28H,19-20H2,1-4H3. The molecule has 4 nitrogen and oxygen atoms in total. The monoisotopic (exact) mass is 496 g/mol. The molecule has 190 valence electrons. The Kier molecular flexibility index (Phi) is 9.07. The average molecular weight is 497 g/mol. The normalized spacial score (nSPS) is 12.9. The minimum atomic E-state index is -4.46. The number of hydrogen-bond donors (Lipinski definition) is 0. The predicted molar refractivity (Wildman–Crippen MR) is 138 cm³/mol. The Labute approximate surface area is 210 Å². The molecule has 0 aliphatic rings. The fraction of sp³-hybridized carbons (Fsp3) is 0.276. The molecular formula is C29H31F3N2O2. The van der Waals surface area contributed by atoms with Crippen LogP contribution in [0.1, 0.15) is 21.5 Å². The number of carbonyl (C=O) groups excluding carboxylic acids is 1. The first-order valence-electron chi connectivity index (χ1n) is 11.6. The first kappa shape index (κ1) is 27.2. The third-order valence-electron chi connectivity index (χ3n) is 5.71. The van der Waals surface area contributed by atoms with Gasteiger partial charge in [0.15, 0.2) is 5.78 Å². The van der Waals surface area contributed by atoms with Gasteiger partial charge in [0.1, 0.15) is 18.4 Å². The fourth-order valence-corrected chi connectivity index (χ4v) is 3.80. The molecule has 0 spiro atoms. The van der Waals surface area contributed by atoms with E-state index in [-0.39, 0.29) is 17.1 Å². The Balaban J connectivity index is 1.95. The van der Waals surface area contributed by atoms with E-state index >= 15 is 0 Å². The van der Waals surface area contributed by atoms with E-state index in [2.05, 4.69) is 0 Å². The summed E-state index contributed by atoms with van der Waals surface area (Å²) in [5, 5.41) is 0. The second-order valence-corrected chi connectivity index (χ2v) is 9.04. The van der Waals surface area contributed by atoms with Crippen LogP contribution < -0.4 is 4.74 Å². The lowest BCUT2D eigenvalue weighted by Crippen LogP contribution is -2.45. The second kappa shape index (κ2) is 12.0. The number of alkyl halides is 3. The minimum Gasteiger partial charge on any atom is -0.491 e. The Morgan fingerprint density at radius 3 is 2.22 bits per heavy atom. The molecule has 7 heteroatoms. The first-order chi connectivity index (χ1) is 17.1. The predicted octanol–water partition coefficient (Wildman–Crippen LogP) is 6.18. The Hall–Kier alpha value is -3.42. The average Bonchev–Trinajstić information content (AvgIpc) is 2.82. The van der Waals surface area contributed by atoms with Crippen molar-refractivity contribution in [2.45, 2.75) is 18.8 Å². The molecule has 36 heavy (non-hydrogen) atoms. The van der Waals surface area contributed by atoms with E-state index in [1.165, 1.54) is 20.2 Å². The van der Waals surface area contributed by atoms with Gasteiger partial charge in [0, 0.05) is 6.54 Å². The quantitative estimate of drug-likeness (QED) is 0.248. The van der Waals surface area contributed by atoms with Crippen LogP contribution >= 0.6 is 0 Å². The van der Waals surface area contributed by atoms with Crippen molar-refractivity contribution in [1.82, 2.24) is 9.80 Å². The number of rotatable bonds is 10. The molecule has 0 bridgehead atoms. The second-order valence-electron chi connectivity index (χ2n) is 9.04. The smallest absolute Gasteiger partial charge is 0.407 e. The topological polar surface area (TPSA) is 32.8 Å². The number of ether oxygens (including phenoxy) is 1. The molecule has 3 aromatic rings. The summed E-state index contributed by atoms with van der Waals surface area (Å²) in [5.74, 6) is -0.238. The third kappa shape index (κ3) is 7.29. The maximum absolute atomic E-state index is 13.5. The van der Waals surface area contributed by atoms with Crippen molar-refractivity contribution in [2.24, 2.45) is 0 Å². The maximum Gasteiger partial charge on any atom is 0.407 e.